The molecule has 0 radical (unpaired) electrons. The number of hydrogen-bond donors (Lipinski definition) is 3. The lowest BCUT2D eigenvalue weighted by atomic mass is 10.0. The molecule has 3 N–H and O–H groups in total. The number of carbonyl (C=O) groups is 1. The quantitative estimate of drug-likeness (QED) is 0.0853. The average molecular weight is 735 g/mol. The summed E-state index contributed by atoms with van der Waals surface area (Å²) in [5.74, 6) is -0.0319. The molecule has 0 aromatic carbocycles. The third-order valence-corrected chi connectivity index (χ3v) is 5.42. The third kappa shape index (κ3) is 152. The topological polar surface area (TPSA) is 204 Å². The Kier molecular flexibility index (Phi) is 44.6. The molecule has 0 aromatic heterocycles. The summed E-state index contributed by atoms with van der Waals surface area (Å²) in [5.41, 5.74) is 0. The minimum Gasteiger partial charge on any atom is -0.466 e. The smallest absolute Gasteiger partial charge is 0.466 e. The highest BCUT2D eigenvalue weighted by Crippen LogP contribution is 2.25. The zero-order valence-corrected chi connectivity index (χ0v) is 31.6. The highest BCUT2D eigenvalue weighted by Gasteiger charge is 2.01. The molecular weight excluding hydrogens is 663 g/mol. The predicted molar refractivity (Wildman–Crippen MR) is 188 cm³/mol. The molecule has 0 atom stereocenters. The Balaban J connectivity index is 0. The third-order valence-electron chi connectivity index (χ3n) is 5.42. The molecule has 8 aliphatic heterocycles. The average Bonchev–Trinajstić information content (AvgIpc) is 3.90. The summed E-state index contributed by atoms with van der Waals surface area (Å²) >= 11 is 0. The van der Waals surface area contributed by atoms with Crippen molar-refractivity contribution >= 4 is 13.8 Å². The Labute approximate surface area is 296 Å². The first-order valence-corrected chi connectivity index (χ1v) is 19.9. The lowest BCUT2D eigenvalue weighted by Crippen LogP contribution is -2.03. The van der Waals surface area contributed by atoms with Crippen LogP contribution in [0.5, 0.6) is 0 Å². The first-order valence-electron chi connectivity index (χ1n) is 18.4. The zero-order chi connectivity index (χ0) is 36.4. The van der Waals surface area contributed by atoms with E-state index in [1.54, 1.807) is 0 Å². The van der Waals surface area contributed by atoms with E-state index in [2.05, 4.69) is 44.8 Å². The second-order valence-corrected chi connectivity index (χ2v) is 12.2. The van der Waals surface area contributed by atoms with Crippen LogP contribution in [0.1, 0.15) is 104 Å². The van der Waals surface area contributed by atoms with Crippen molar-refractivity contribution in [2.24, 2.45) is 0 Å². The summed E-state index contributed by atoms with van der Waals surface area (Å²) in [6.07, 6.45) is 18.0. The van der Waals surface area contributed by atoms with Gasteiger partial charge in [-0.1, -0.05) is 84.0 Å². The number of unbranched alkanes of at least 4 members (excludes halogenated alkanes) is 12. The number of hydrogen-bond acceptors (Lipinski definition) is 11. The van der Waals surface area contributed by atoms with E-state index in [1.165, 1.54) is 77.0 Å². The van der Waals surface area contributed by atoms with Gasteiger partial charge in [-0.15, -0.1) is 0 Å². The molecule has 8 fully saturated rings. The van der Waals surface area contributed by atoms with Crippen LogP contribution in [0.4, 0.5) is 0 Å². The van der Waals surface area contributed by atoms with Gasteiger partial charge < -0.3 is 57.3 Å². The lowest BCUT2D eigenvalue weighted by Gasteiger charge is -2.03. The van der Waals surface area contributed by atoms with Crippen molar-refractivity contribution in [1.29, 1.82) is 0 Å². The molecule has 49 heavy (non-hydrogen) atoms. The van der Waals surface area contributed by atoms with Crippen molar-refractivity contribution in [1.82, 2.24) is 0 Å². The van der Waals surface area contributed by atoms with Crippen LogP contribution < -0.4 is 0 Å². The molecule has 8 saturated heterocycles. The standard InChI is InChI=1S/C18H36O2.8C2H4O.H3O4P/c1-3-5-6-7-8-9-10-11-12-13-14-15-16-17-18(19)20-4-2;8*1-2-3-1;1-5(2,3)4/h3-17H2,1-2H3;8*1-2H2;(H3,1,2,3,4). The summed E-state index contributed by atoms with van der Waals surface area (Å²) < 4.78 is 49.8. The van der Waals surface area contributed by atoms with E-state index in [4.69, 9.17) is 24.0 Å². The van der Waals surface area contributed by atoms with Gasteiger partial charge >= 0.3 is 13.8 Å². The fourth-order valence-corrected chi connectivity index (χ4v) is 2.52. The number of phosphoric acid groups is 1. The van der Waals surface area contributed by atoms with Crippen molar-refractivity contribution in [2.75, 3.05) is 112 Å². The molecule has 0 saturated carbocycles. The van der Waals surface area contributed by atoms with E-state index in [-0.39, 0.29) is 5.97 Å². The fourth-order valence-electron chi connectivity index (χ4n) is 2.52. The van der Waals surface area contributed by atoms with Gasteiger partial charge in [0, 0.05) is 6.42 Å². The molecule has 0 bridgehead atoms. The Morgan fingerprint density at radius 3 is 0.796 bits per heavy atom. The van der Waals surface area contributed by atoms with Gasteiger partial charge in [0.1, 0.15) is 0 Å². The van der Waals surface area contributed by atoms with Gasteiger partial charge in [0.25, 0.3) is 0 Å². The predicted octanol–water partition coefficient (Wildman–Crippen LogP) is 5.24. The fraction of sp³-hybridized carbons (Fsp3) is 0.971. The highest BCUT2D eigenvalue weighted by molar-refractivity contribution is 7.45. The number of epoxide rings is 8. The largest absolute Gasteiger partial charge is 0.466 e. The molecule has 0 aromatic rings. The summed E-state index contributed by atoms with van der Waals surface area (Å²) in [7, 11) is -4.64. The molecule has 0 unspecified atom stereocenters. The second-order valence-electron chi connectivity index (χ2n) is 11.2. The molecule has 0 aliphatic carbocycles. The maximum absolute atomic E-state index is 11.1. The Morgan fingerprint density at radius 2 is 0.633 bits per heavy atom. The van der Waals surface area contributed by atoms with Crippen molar-refractivity contribution in [3.8, 4) is 0 Å². The molecule has 14 nitrogen and oxygen atoms in total. The van der Waals surface area contributed by atoms with E-state index in [1.807, 2.05) is 6.92 Å². The summed E-state index contributed by atoms with van der Waals surface area (Å²) in [4.78, 5) is 32.7. The van der Waals surface area contributed by atoms with Gasteiger partial charge in [-0.3, -0.25) is 4.79 Å². The highest BCUT2D eigenvalue weighted by atomic mass is 31.2. The minimum absolute atomic E-state index is 0.0319. The van der Waals surface area contributed by atoms with Crippen molar-refractivity contribution in [3.05, 3.63) is 0 Å². The second kappa shape index (κ2) is 43.4. The van der Waals surface area contributed by atoms with Gasteiger partial charge in [-0.25, -0.2) is 4.57 Å². The van der Waals surface area contributed by atoms with Crippen molar-refractivity contribution < 1.29 is 66.7 Å². The molecule has 8 aliphatic rings. The van der Waals surface area contributed by atoms with Crippen LogP contribution in [0, 0.1) is 0 Å². The van der Waals surface area contributed by atoms with Gasteiger partial charge in [-0.05, 0) is 13.3 Å². The van der Waals surface area contributed by atoms with Crippen molar-refractivity contribution in [3.63, 3.8) is 0 Å². The Hall–Kier alpha value is -0.740. The first-order chi connectivity index (χ1) is 23.8. The van der Waals surface area contributed by atoms with Crippen LogP contribution in [0.3, 0.4) is 0 Å². The Morgan fingerprint density at radius 1 is 0.449 bits per heavy atom. The van der Waals surface area contributed by atoms with E-state index in [9.17, 15) is 4.79 Å². The summed E-state index contributed by atoms with van der Waals surface area (Å²) in [6.45, 7) is 20.6. The number of esters is 1. The van der Waals surface area contributed by atoms with Gasteiger partial charge in [0.2, 0.25) is 0 Å². The van der Waals surface area contributed by atoms with Crippen LogP contribution in [-0.2, 0) is 52.0 Å². The summed E-state index contributed by atoms with van der Waals surface area (Å²) in [5, 5.41) is 0. The normalized spacial score (nSPS) is 17.3. The van der Waals surface area contributed by atoms with E-state index in [0.29, 0.717) is 13.0 Å². The zero-order valence-electron chi connectivity index (χ0n) is 30.7. The number of ether oxygens (including phenoxy) is 9. The summed E-state index contributed by atoms with van der Waals surface area (Å²) in [6, 6.07) is 0. The van der Waals surface area contributed by atoms with E-state index in [0.717, 1.165) is 112 Å². The van der Waals surface area contributed by atoms with Crippen LogP contribution >= 0.6 is 7.82 Å². The van der Waals surface area contributed by atoms with Crippen LogP contribution in [-0.4, -0.2) is 133 Å². The maximum Gasteiger partial charge on any atom is 0.466 e. The van der Waals surface area contributed by atoms with Crippen LogP contribution in [0.15, 0.2) is 0 Å². The monoisotopic (exact) mass is 734 g/mol. The van der Waals surface area contributed by atoms with E-state index >= 15 is 0 Å². The maximum atomic E-state index is 11.1. The molecule has 0 amide bonds. The molecule has 8 heterocycles. The molecule has 296 valence electrons. The molecule has 8 rings (SSSR count). The van der Waals surface area contributed by atoms with Crippen LogP contribution in [0.25, 0.3) is 0 Å². The first kappa shape index (κ1) is 50.4. The van der Waals surface area contributed by atoms with Crippen molar-refractivity contribution in [2.45, 2.75) is 104 Å². The molecule has 0 spiro atoms. The number of carbonyl (C=O) groups excluding carboxylic acids is 1. The van der Waals surface area contributed by atoms with E-state index < -0.39 is 7.82 Å². The van der Waals surface area contributed by atoms with Crippen LogP contribution in [0.2, 0.25) is 0 Å². The van der Waals surface area contributed by atoms with Gasteiger partial charge in [0.15, 0.2) is 0 Å². The molecular formula is C34H71O14P. The lowest BCUT2D eigenvalue weighted by molar-refractivity contribution is -0.143. The van der Waals surface area contributed by atoms with Gasteiger partial charge in [-0.2, -0.15) is 0 Å². The Bertz CT molecular complexity index is 565. The minimum atomic E-state index is -4.64. The SMILES string of the molecule is C1CO1.C1CO1.C1CO1.C1CO1.C1CO1.C1CO1.C1CO1.C1CO1.CCCCCCCCCCCCCCCC(=O)OCC.O=P(O)(O)O. The van der Waals surface area contributed by atoms with Gasteiger partial charge in [0.05, 0.1) is 112 Å². The number of rotatable bonds is 15. The molecule has 15 heteroatoms.